The Morgan fingerprint density at radius 1 is 1.12 bits per heavy atom. The second kappa shape index (κ2) is 7.46. The van der Waals surface area contributed by atoms with Gasteiger partial charge in [-0.15, -0.1) is 0 Å². The van der Waals surface area contributed by atoms with E-state index in [0.717, 1.165) is 22.2 Å². The number of benzene rings is 2. The average Bonchev–Trinajstić information content (AvgIpc) is 2.64. The molecule has 24 heavy (non-hydrogen) atoms. The topological polar surface area (TPSA) is 60.5 Å². The van der Waals surface area contributed by atoms with Crippen molar-refractivity contribution in [1.82, 2.24) is 10.3 Å². The van der Waals surface area contributed by atoms with Crippen LogP contribution in [0, 0.1) is 0 Å². The van der Waals surface area contributed by atoms with Crippen molar-refractivity contribution in [3.63, 3.8) is 0 Å². The molecule has 1 N–H and O–H groups in total. The lowest BCUT2D eigenvalue weighted by atomic mass is 10.2. The number of carbonyl (C=O) groups excluding carboxylic acids is 1. The number of pyridine rings is 1. The number of rotatable bonds is 6. The normalized spacial score (nSPS) is 10.4. The molecule has 3 rings (SSSR count). The number of fused-ring (bicyclic) bond motifs is 1. The molecule has 0 atom stereocenters. The smallest absolute Gasteiger partial charge is 0.258 e. The lowest BCUT2D eigenvalue weighted by Gasteiger charge is -2.10. The van der Waals surface area contributed by atoms with E-state index in [0.29, 0.717) is 12.3 Å². The molecule has 2 aromatic carbocycles. The maximum atomic E-state index is 12.0. The molecule has 0 fully saturated rings. The van der Waals surface area contributed by atoms with E-state index in [2.05, 4.69) is 10.3 Å². The number of amides is 1. The monoisotopic (exact) mass is 322 g/mol. The van der Waals surface area contributed by atoms with Crippen molar-refractivity contribution in [2.75, 3.05) is 13.7 Å². The molecule has 0 aliphatic carbocycles. The van der Waals surface area contributed by atoms with Crippen LogP contribution in [-0.4, -0.2) is 24.6 Å². The van der Waals surface area contributed by atoms with Gasteiger partial charge in [-0.25, -0.2) is 0 Å². The fraction of sp³-hybridized carbons (Fsp3) is 0.158. The second-order valence-corrected chi connectivity index (χ2v) is 5.24. The highest BCUT2D eigenvalue weighted by Crippen LogP contribution is 2.19. The van der Waals surface area contributed by atoms with E-state index in [1.165, 1.54) is 0 Å². The van der Waals surface area contributed by atoms with Gasteiger partial charge >= 0.3 is 0 Å². The van der Waals surface area contributed by atoms with Gasteiger partial charge in [0.2, 0.25) is 0 Å². The number of methoxy groups -OCH3 is 1. The molecule has 0 saturated heterocycles. The van der Waals surface area contributed by atoms with Crippen molar-refractivity contribution in [3.8, 4) is 11.5 Å². The fourth-order valence-electron chi connectivity index (χ4n) is 2.39. The van der Waals surface area contributed by atoms with Gasteiger partial charge in [-0.05, 0) is 30.3 Å². The first-order valence-corrected chi connectivity index (χ1v) is 7.62. The summed E-state index contributed by atoms with van der Waals surface area (Å²) in [6, 6.07) is 16.9. The standard InChI is InChI=1S/C19H18N2O3/c1-23-18-7-3-2-5-15(18)12-21-19(22)13-24-16-8-9-17-14(11-16)6-4-10-20-17/h2-11H,12-13H2,1H3,(H,21,22). The molecular formula is C19H18N2O3. The molecule has 0 saturated carbocycles. The van der Waals surface area contributed by atoms with Crippen molar-refractivity contribution >= 4 is 16.8 Å². The Bertz CT molecular complexity index is 849. The number of nitrogens with one attached hydrogen (secondary N) is 1. The Balaban J connectivity index is 1.55. The van der Waals surface area contributed by atoms with E-state index < -0.39 is 0 Å². The number of ether oxygens (including phenoxy) is 2. The van der Waals surface area contributed by atoms with Gasteiger partial charge in [0.05, 0.1) is 12.6 Å². The van der Waals surface area contributed by atoms with Crippen molar-refractivity contribution in [1.29, 1.82) is 0 Å². The van der Waals surface area contributed by atoms with Gasteiger partial charge in [0.25, 0.3) is 5.91 Å². The number of hydrogen-bond donors (Lipinski definition) is 1. The number of carbonyl (C=O) groups is 1. The van der Waals surface area contributed by atoms with E-state index in [-0.39, 0.29) is 12.5 Å². The molecule has 0 aliphatic heterocycles. The fourth-order valence-corrected chi connectivity index (χ4v) is 2.39. The molecule has 5 heteroatoms. The van der Waals surface area contributed by atoms with E-state index in [9.17, 15) is 4.79 Å². The van der Waals surface area contributed by atoms with Gasteiger partial charge in [0.1, 0.15) is 11.5 Å². The van der Waals surface area contributed by atoms with Crippen LogP contribution in [0.15, 0.2) is 60.8 Å². The van der Waals surface area contributed by atoms with Crippen LogP contribution in [0.1, 0.15) is 5.56 Å². The molecule has 3 aromatic rings. The van der Waals surface area contributed by atoms with Gasteiger partial charge in [-0.2, -0.15) is 0 Å². The van der Waals surface area contributed by atoms with Gasteiger partial charge < -0.3 is 14.8 Å². The maximum Gasteiger partial charge on any atom is 0.258 e. The Kier molecular flexibility index (Phi) is 4.91. The second-order valence-electron chi connectivity index (χ2n) is 5.24. The predicted octanol–water partition coefficient (Wildman–Crippen LogP) is 2.94. The summed E-state index contributed by atoms with van der Waals surface area (Å²) in [6.07, 6.45) is 1.74. The van der Waals surface area contributed by atoms with Crippen molar-refractivity contribution in [2.24, 2.45) is 0 Å². The molecule has 1 heterocycles. The third kappa shape index (κ3) is 3.81. The van der Waals surface area contributed by atoms with Crippen LogP contribution in [0.2, 0.25) is 0 Å². The first-order chi connectivity index (χ1) is 11.8. The summed E-state index contributed by atoms with van der Waals surface area (Å²) < 4.78 is 10.8. The SMILES string of the molecule is COc1ccccc1CNC(=O)COc1ccc2ncccc2c1. The van der Waals surface area contributed by atoms with Gasteiger partial charge in [-0.1, -0.05) is 24.3 Å². The van der Waals surface area contributed by atoms with Crippen LogP contribution < -0.4 is 14.8 Å². The van der Waals surface area contributed by atoms with Crippen LogP contribution in [0.4, 0.5) is 0 Å². The van der Waals surface area contributed by atoms with E-state index in [1.807, 2.05) is 54.6 Å². The zero-order valence-electron chi connectivity index (χ0n) is 13.4. The van der Waals surface area contributed by atoms with E-state index in [1.54, 1.807) is 13.3 Å². The van der Waals surface area contributed by atoms with Gasteiger partial charge in [0, 0.05) is 23.7 Å². The number of aromatic nitrogens is 1. The summed E-state index contributed by atoms with van der Waals surface area (Å²) in [5.41, 5.74) is 1.82. The molecule has 0 spiro atoms. The molecule has 5 nitrogen and oxygen atoms in total. The molecule has 0 unspecified atom stereocenters. The number of para-hydroxylation sites is 1. The first kappa shape index (κ1) is 15.8. The third-order valence-corrected chi connectivity index (χ3v) is 3.61. The van der Waals surface area contributed by atoms with Crippen LogP contribution in [0.5, 0.6) is 11.5 Å². The van der Waals surface area contributed by atoms with E-state index >= 15 is 0 Å². The molecule has 1 amide bonds. The highest BCUT2D eigenvalue weighted by Gasteiger charge is 2.06. The lowest BCUT2D eigenvalue weighted by molar-refractivity contribution is -0.123. The van der Waals surface area contributed by atoms with Crippen LogP contribution >= 0.6 is 0 Å². The predicted molar refractivity (Wildman–Crippen MR) is 92.1 cm³/mol. The molecule has 0 aliphatic rings. The third-order valence-electron chi connectivity index (χ3n) is 3.61. The zero-order chi connectivity index (χ0) is 16.8. The highest BCUT2D eigenvalue weighted by atomic mass is 16.5. The highest BCUT2D eigenvalue weighted by molar-refractivity contribution is 5.80. The van der Waals surface area contributed by atoms with Crippen LogP contribution in [0.3, 0.4) is 0 Å². The Morgan fingerprint density at radius 2 is 2.00 bits per heavy atom. The molecule has 0 bridgehead atoms. The summed E-state index contributed by atoms with van der Waals surface area (Å²) >= 11 is 0. The molecule has 122 valence electrons. The lowest BCUT2D eigenvalue weighted by Crippen LogP contribution is -2.28. The molecular weight excluding hydrogens is 304 g/mol. The van der Waals surface area contributed by atoms with Crippen molar-refractivity contribution < 1.29 is 14.3 Å². The maximum absolute atomic E-state index is 12.0. The minimum Gasteiger partial charge on any atom is -0.496 e. The molecule has 1 aromatic heterocycles. The van der Waals surface area contributed by atoms with Crippen LogP contribution in [-0.2, 0) is 11.3 Å². The zero-order valence-corrected chi connectivity index (χ0v) is 13.4. The summed E-state index contributed by atoms with van der Waals surface area (Å²) in [6.45, 7) is 0.356. The first-order valence-electron chi connectivity index (χ1n) is 7.62. The minimum atomic E-state index is -0.188. The number of hydrogen-bond acceptors (Lipinski definition) is 4. The van der Waals surface area contributed by atoms with Crippen LogP contribution in [0.25, 0.3) is 10.9 Å². The summed E-state index contributed by atoms with van der Waals surface area (Å²) in [4.78, 5) is 16.2. The minimum absolute atomic E-state index is 0.0408. The quantitative estimate of drug-likeness (QED) is 0.758. The summed E-state index contributed by atoms with van der Waals surface area (Å²) in [7, 11) is 1.61. The summed E-state index contributed by atoms with van der Waals surface area (Å²) in [5, 5.41) is 3.80. The Morgan fingerprint density at radius 3 is 2.88 bits per heavy atom. The largest absolute Gasteiger partial charge is 0.496 e. The van der Waals surface area contributed by atoms with E-state index in [4.69, 9.17) is 9.47 Å². The Hall–Kier alpha value is -3.08. The average molecular weight is 322 g/mol. The van der Waals surface area contributed by atoms with Crippen molar-refractivity contribution in [3.05, 3.63) is 66.4 Å². The number of nitrogens with zero attached hydrogens (tertiary/aromatic N) is 1. The van der Waals surface area contributed by atoms with Crippen molar-refractivity contribution in [2.45, 2.75) is 6.54 Å². The molecule has 0 radical (unpaired) electrons. The van der Waals surface area contributed by atoms with Gasteiger partial charge in [-0.3, -0.25) is 9.78 Å². The van der Waals surface area contributed by atoms with Gasteiger partial charge in [0.15, 0.2) is 6.61 Å². The summed E-state index contributed by atoms with van der Waals surface area (Å²) in [5.74, 6) is 1.20. The Labute approximate surface area is 140 Å².